The second kappa shape index (κ2) is 4.80. The molecule has 0 N–H and O–H groups in total. The highest BCUT2D eigenvalue weighted by Crippen LogP contribution is 2.25. The molecule has 1 aromatic heterocycles. The Labute approximate surface area is 105 Å². The molecule has 16 heavy (non-hydrogen) atoms. The first-order chi connectivity index (χ1) is 7.65. The predicted octanol–water partition coefficient (Wildman–Crippen LogP) is 4.43. The molecule has 0 spiro atoms. The van der Waals surface area contributed by atoms with E-state index < -0.39 is 0 Å². The van der Waals surface area contributed by atoms with Crippen molar-refractivity contribution in [2.24, 2.45) is 0 Å². The van der Waals surface area contributed by atoms with Crippen molar-refractivity contribution in [3.05, 3.63) is 51.8 Å². The largest absolute Gasteiger partial charge is 0.439 e. The average molecular weight is 303 g/mol. The Bertz CT molecular complexity index is 521. The summed E-state index contributed by atoms with van der Waals surface area (Å²) in [4.78, 5) is 3.93. The lowest BCUT2D eigenvalue weighted by Crippen LogP contribution is -1.88. The van der Waals surface area contributed by atoms with Crippen LogP contribution in [0.3, 0.4) is 0 Å². The van der Waals surface area contributed by atoms with E-state index in [-0.39, 0.29) is 5.82 Å². The summed E-state index contributed by atoms with van der Waals surface area (Å²) >= 11 is 8.75. The molecule has 0 aliphatic heterocycles. The van der Waals surface area contributed by atoms with Gasteiger partial charge in [0.05, 0.1) is 4.47 Å². The zero-order valence-corrected chi connectivity index (χ0v) is 10.3. The summed E-state index contributed by atoms with van der Waals surface area (Å²) in [5.74, 6) is 0.309. The minimum Gasteiger partial charge on any atom is -0.439 e. The van der Waals surface area contributed by atoms with Crippen LogP contribution in [0.1, 0.15) is 0 Å². The maximum Gasteiger partial charge on any atom is 0.220 e. The van der Waals surface area contributed by atoms with Crippen LogP contribution in [-0.4, -0.2) is 4.98 Å². The molecule has 5 heteroatoms. The molecule has 2 nitrogen and oxygen atoms in total. The normalized spacial score (nSPS) is 10.2. The second-order valence-corrected chi connectivity index (χ2v) is 4.22. The van der Waals surface area contributed by atoms with Gasteiger partial charge in [-0.1, -0.05) is 17.7 Å². The van der Waals surface area contributed by atoms with Crippen LogP contribution in [0.15, 0.2) is 40.9 Å². The number of nitrogens with zero attached hydrogens (tertiary/aromatic N) is 1. The topological polar surface area (TPSA) is 22.1 Å². The Morgan fingerprint density at radius 1 is 1.25 bits per heavy atom. The Hall–Kier alpha value is -1.13. The standard InChI is InChI=1S/C11H6BrClFNO/c12-8-5-4-7(6-9(8)14)16-11-3-1-2-10(13)15-11/h1-6H. The monoisotopic (exact) mass is 301 g/mol. The van der Waals surface area contributed by atoms with E-state index in [9.17, 15) is 4.39 Å². The molecular weight excluding hydrogens is 296 g/mol. The number of hydrogen-bond donors (Lipinski definition) is 0. The van der Waals surface area contributed by atoms with Gasteiger partial charge < -0.3 is 4.74 Å². The van der Waals surface area contributed by atoms with Gasteiger partial charge in [0.25, 0.3) is 0 Å². The Kier molecular flexibility index (Phi) is 3.41. The molecule has 0 saturated carbocycles. The van der Waals surface area contributed by atoms with Crippen molar-refractivity contribution in [2.45, 2.75) is 0 Å². The Balaban J connectivity index is 2.24. The zero-order chi connectivity index (χ0) is 11.5. The van der Waals surface area contributed by atoms with Crippen molar-refractivity contribution in [2.75, 3.05) is 0 Å². The van der Waals surface area contributed by atoms with Crippen molar-refractivity contribution >= 4 is 27.5 Å². The van der Waals surface area contributed by atoms with Gasteiger partial charge in [-0.15, -0.1) is 0 Å². The van der Waals surface area contributed by atoms with Crippen LogP contribution in [0, 0.1) is 5.82 Å². The molecule has 0 aliphatic carbocycles. The first kappa shape index (κ1) is 11.4. The fourth-order valence-electron chi connectivity index (χ4n) is 1.11. The second-order valence-electron chi connectivity index (χ2n) is 2.98. The molecule has 0 amide bonds. The molecule has 0 bridgehead atoms. The van der Waals surface area contributed by atoms with Gasteiger partial charge in [0, 0.05) is 12.1 Å². The molecule has 1 heterocycles. The van der Waals surface area contributed by atoms with Gasteiger partial charge in [-0.25, -0.2) is 9.37 Å². The lowest BCUT2D eigenvalue weighted by atomic mass is 10.3. The zero-order valence-electron chi connectivity index (χ0n) is 7.95. The van der Waals surface area contributed by atoms with Gasteiger partial charge in [-0.05, 0) is 34.1 Å². The van der Waals surface area contributed by atoms with Crippen molar-refractivity contribution in [3.63, 3.8) is 0 Å². The van der Waals surface area contributed by atoms with E-state index in [1.807, 2.05) is 0 Å². The smallest absolute Gasteiger partial charge is 0.220 e. The number of ether oxygens (including phenoxy) is 1. The molecule has 0 atom stereocenters. The molecule has 0 saturated heterocycles. The minimum absolute atomic E-state index is 0.328. The van der Waals surface area contributed by atoms with Crippen LogP contribution in [0.25, 0.3) is 0 Å². The number of aromatic nitrogens is 1. The lowest BCUT2D eigenvalue weighted by Gasteiger charge is -2.05. The van der Waals surface area contributed by atoms with E-state index in [1.54, 1.807) is 30.3 Å². The third kappa shape index (κ3) is 2.71. The predicted molar refractivity (Wildman–Crippen MR) is 63.4 cm³/mol. The third-order valence-electron chi connectivity index (χ3n) is 1.80. The molecule has 1 aromatic carbocycles. The van der Waals surface area contributed by atoms with Gasteiger partial charge in [-0.3, -0.25) is 0 Å². The number of halogens is 3. The summed E-state index contributed by atoms with van der Waals surface area (Å²) < 4.78 is 18.9. The summed E-state index contributed by atoms with van der Waals surface area (Å²) in [6, 6.07) is 9.46. The van der Waals surface area contributed by atoms with Gasteiger partial charge in [0.15, 0.2) is 0 Å². The number of pyridine rings is 1. The summed E-state index contributed by atoms with van der Waals surface area (Å²) in [6.07, 6.45) is 0. The molecule has 0 fully saturated rings. The van der Waals surface area contributed by atoms with E-state index in [2.05, 4.69) is 20.9 Å². The van der Waals surface area contributed by atoms with Crippen molar-refractivity contribution in [1.29, 1.82) is 0 Å². The fourth-order valence-corrected chi connectivity index (χ4v) is 1.51. The molecule has 2 aromatic rings. The summed E-state index contributed by atoms with van der Waals surface area (Å²) in [7, 11) is 0. The van der Waals surface area contributed by atoms with Crippen LogP contribution < -0.4 is 4.74 Å². The fraction of sp³-hybridized carbons (Fsp3) is 0. The van der Waals surface area contributed by atoms with E-state index in [1.165, 1.54) is 6.07 Å². The van der Waals surface area contributed by atoms with E-state index in [0.717, 1.165) is 0 Å². The van der Waals surface area contributed by atoms with Gasteiger partial charge in [-0.2, -0.15) is 0 Å². The minimum atomic E-state index is -0.389. The number of benzene rings is 1. The summed E-state index contributed by atoms with van der Waals surface area (Å²) in [6.45, 7) is 0. The Morgan fingerprint density at radius 3 is 2.75 bits per heavy atom. The van der Waals surface area contributed by atoms with Gasteiger partial charge in [0.2, 0.25) is 5.88 Å². The van der Waals surface area contributed by atoms with Gasteiger partial charge in [0.1, 0.15) is 16.7 Å². The van der Waals surface area contributed by atoms with Crippen LogP contribution in [0.5, 0.6) is 11.6 Å². The molecule has 82 valence electrons. The van der Waals surface area contributed by atoms with E-state index in [0.29, 0.717) is 21.3 Å². The van der Waals surface area contributed by atoms with E-state index >= 15 is 0 Å². The van der Waals surface area contributed by atoms with Crippen molar-refractivity contribution in [1.82, 2.24) is 4.98 Å². The molecular formula is C11H6BrClFNO. The maximum atomic E-state index is 13.2. The molecule has 0 unspecified atom stereocenters. The lowest BCUT2D eigenvalue weighted by molar-refractivity contribution is 0.458. The summed E-state index contributed by atoms with van der Waals surface area (Å²) in [5.41, 5.74) is 0. The van der Waals surface area contributed by atoms with E-state index in [4.69, 9.17) is 16.3 Å². The molecule has 0 aliphatic rings. The highest BCUT2D eigenvalue weighted by molar-refractivity contribution is 9.10. The van der Waals surface area contributed by atoms with Crippen molar-refractivity contribution < 1.29 is 9.13 Å². The first-order valence-electron chi connectivity index (χ1n) is 4.40. The average Bonchev–Trinajstić information content (AvgIpc) is 2.24. The van der Waals surface area contributed by atoms with Crippen LogP contribution in [0.4, 0.5) is 4.39 Å². The number of rotatable bonds is 2. The first-order valence-corrected chi connectivity index (χ1v) is 5.58. The third-order valence-corrected chi connectivity index (χ3v) is 2.66. The quantitative estimate of drug-likeness (QED) is 0.766. The van der Waals surface area contributed by atoms with Crippen LogP contribution in [0.2, 0.25) is 5.15 Å². The maximum absolute atomic E-state index is 13.2. The van der Waals surface area contributed by atoms with Crippen LogP contribution in [-0.2, 0) is 0 Å². The highest BCUT2D eigenvalue weighted by Gasteiger charge is 2.03. The summed E-state index contributed by atoms with van der Waals surface area (Å²) in [5, 5.41) is 0.329. The Morgan fingerprint density at radius 2 is 2.06 bits per heavy atom. The van der Waals surface area contributed by atoms with Crippen molar-refractivity contribution in [3.8, 4) is 11.6 Å². The van der Waals surface area contributed by atoms with Gasteiger partial charge >= 0.3 is 0 Å². The highest BCUT2D eigenvalue weighted by atomic mass is 79.9. The molecule has 2 rings (SSSR count). The molecule has 0 radical (unpaired) electrons. The SMILES string of the molecule is Fc1cc(Oc2cccc(Cl)n2)ccc1Br. The number of hydrogen-bond acceptors (Lipinski definition) is 2. The van der Waals surface area contributed by atoms with Crippen LogP contribution >= 0.6 is 27.5 Å².